The Balaban J connectivity index is 1.23. The van der Waals surface area contributed by atoms with Crippen LogP contribution in [0.2, 0.25) is 0 Å². The zero-order valence-electron chi connectivity index (χ0n) is 48.3. The van der Waals surface area contributed by atoms with Gasteiger partial charge in [0.1, 0.15) is 60.3 Å². The summed E-state index contributed by atoms with van der Waals surface area (Å²) >= 11 is 0. The SMILES string of the molecule is O=C(O)Cc1cccc(-c2cc(CCC[N+](CCN(CC[N+](CCCc3ccc(OC4O[C@H](CO)[C@@H](O)[C@H](O)[C@@H]4O)c(-c4cccc(CC(=O)O)c4)c3)(CC(=O)O)CC(=O)O)CC(=O)O)(CC(=O)O)CC(=O)O)ccc2OC2O[C@H](CO)[C@@H](O)[C@H](O)[C@@H]2O)c1. The average Bonchev–Trinajstić information content (AvgIpc) is 3.65. The molecular weight excluding hydrogens is 1180 g/mol. The van der Waals surface area contributed by atoms with Crippen molar-refractivity contribution in [2.24, 2.45) is 0 Å². The Morgan fingerprint density at radius 3 is 1.12 bits per heavy atom. The van der Waals surface area contributed by atoms with Gasteiger partial charge in [-0.1, -0.05) is 60.7 Å². The van der Waals surface area contributed by atoms with Crippen LogP contribution in [0.25, 0.3) is 22.3 Å². The first-order valence-corrected chi connectivity index (χ1v) is 28.5. The summed E-state index contributed by atoms with van der Waals surface area (Å²) < 4.78 is 22.0. The molecule has 0 saturated carbocycles. The molecule has 0 bridgehead atoms. The molecule has 6 rings (SSSR count). The van der Waals surface area contributed by atoms with Crippen molar-refractivity contribution >= 4 is 41.8 Å². The van der Waals surface area contributed by atoms with Crippen molar-refractivity contribution in [1.29, 1.82) is 0 Å². The Labute approximate surface area is 509 Å². The van der Waals surface area contributed by atoms with E-state index < -0.39 is 158 Å². The van der Waals surface area contributed by atoms with E-state index in [9.17, 15) is 110 Å². The summed E-state index contributed by atoms with van der Waals surface area (Å²) in [7, 11) is 0. The van der Waals surface area contributed by atoms with Gasteiger partial charge in [0.2, 0.25) is 12.6 Å². The second-order valence-electron chi connectivity index (χ2n) is 22.5. The summed E-state index contributed by atoms with van der Waals surface area (Å²) in [5, 5.41) is 153. The number of aliphatic carboxylic acids is 7. The van der Waals surface area contributed by atoms with E-state index >= 15 is 0 Å². The summed E-state index contributed by atoms with van der Waals surface area (Å²) in [5.74, 6) is -9.03. The Bertz CT molecular complexity index is 2880. The molecule has 4 aromatic rings. The van der Waals surface area contributed by atoms with Crippen molar-refractivity contribution in [1.82, 2.24) is 4.90 Å². The summed E-state index contributed by atoms with van der Waals surface area (Å²) in [4.78, 5) is 87.5. The Hall–Kier alpha value is -7.75. The van der Waals surface area contributed by atoms with Crippen LogP contribution in [0, 0.1) is 0 Å². The van der Waals surface area contributed by atoms with Crippen molar-refractivity contribution in [2.45, 2.75) is 99.9 Å². The number of benzene rings is 4. The predicted molar refractivity (Wildman–Crippen MR) is 306 cm³/mol. The zero-order chi connectivity index (χ0) is 65.3. The quantitative estimate of drug-likeness (QED) is 0.0232. The third-order valence-electron chi connectivity index (χ3n) is 15.7. The van der Waals surface area contributed by atoms with Crippen molar-refractivity contribution < 1.29 is 138 Å². The van der Waals surface area contributed by atoms with Gasteiger partial charge in [0, 0.05) is 37.1 Å². The van der Waals surface area contributed by atoms with Crippen LogP contribution in [-0.2, 0) is 68.7 Å². The third kappa shape index (κ3) is 20.1. The van der Waals surface area contributed by atoms with Crippen LogP contribution in [0.1, 0.15) is 35.1 Å². The van der Waals surface area contributed by atoms with Crippen LogP contribution in [0.15, 0.2) is 84.9 Å². The normalized spacial score (nSPS) is 22.1. The standard InChI is InChI=1S/C60H75N3O26/c64-32-44-53(80)55(82)57(84)59(88-44)86-42-13-11-34(23-40(42)38-9-1-5-36(21-38)25-46(66)67)7-3-17-62(28-49(72)73,29-50(74)75)19-15-61(27-48(70)71)16-20-63(30-51(76)77,31-52(78)79)18-4-8-35-12-14-43(87-60-58(85)56(83)54(81)45(33-65)89-60)41(24-35)39-10-2-6-37(22-39)26-47(68)69/h1-2,5-6,9-14,21-24,44-45,53-60,64-65,80-85H,3-4,7-8,15-20,25-33H2,(H5-2,66,67,68,69,70,71,72,73,74,75,76,77,78,79)/p+2/t44-,45-,53-,54-,55+,56+,57+,58+,59?,60?/m1/s1. The molecule has 0 amide bonds. The number of aliphatic hydroxyl groups excluding tert-OH is 8. The Morgan fingerprint density at radius 2 is 0.798 bits per heavy atom. The molecule has 15 N–H and O–H groups in total. The van der Waals surface area contributed by atoms with Gasteiger partial charge >= 0.3 is 41.8 Å². The lowest BCUT2D eigenvalue weighted by atomic mass is 9.97. The van der Waals surface area contributed by atoms with Gasteiger partial charge < -0.3 is 105 Å². The van der Waals surface area contributed by atoms with Crippen LogP contribution >= 0.6 is 0 Å². The molecule has 2 unspecified atom stereocenters. The first kappa shape index (κ1) is 70.3. The number of hydrogen-bond donors (Lipinski definition) is 15. The van der Waals surface area contributed by atoms with Gasteiger partial charge in [0.15, 0.2) is 26.2 Å². The number of carbonyl (C=O) groups is 7. The Kier molecular flexibility index (Phi) is 25.4. The molecule has 0 spiro atoms. The monoisotopic (exact) mass is 1260 g/mol. The molecule has 29 heteroatoms. The molecule has 2 aliphatic heterocycles. The molecule has 4 aromatic carbocycles. The Morgan fingerprint density at radius 1 is 0.427 bits per heavy atom. The van der Waals surface area contributed by atoms with E-state index in [4.69, 9.17) is 18.9 Å². The van der Waals surface area contributed by atoms with Gasteiger partial charge in [-0.15, -0.1) is 0 Å². The van der Waals surface area contributed by atoms with Gasteiger partial charge in [-0.3, -0.25) is 19.3 Å². The summed E-state index contributed by atoms with van der Waals surface area (Å²) in [6, 6.07) is 22.3. The molecular formula is C60H77N3O26+2. The smallest absolute Gasteiger partial charge is 0.359 e. The highest BCUT2D eigenvalue weighted by molar-refractivity contribution is 5.77. The molecule has 0 radical (unpaired) electrons. The molecule has 89 heavy (non-hydrogen) atoms. The van der Waals surface area contributed by atoms with Crippen LogP contribution in [0.3, 0.4) is 0 Å². The summed E-state index contributed by atoms with van der Waals surface area (Å²) in [5.41, 5.74) is 3.48. The summed E-state index contributed by atoms with van der Waals surface area (Å²) in [6.45, 7) is -6.43. The highest BCUT2D eigenvalue weighted by Gasteiger charge is 2.47. The van der Waals surface area contributed by atoms with E-state index in [0.29, 0.717) is 44.5 Å². The lowest BCUT2D eigenvalue weighted by Gasteiger charge is -2.40. The van der Waals surface area contributed by atoms with E-state index in [0.717, 1.165) is 0 Å². The second-order valence-corrected chi connectivity index (χ2v) is 22.5. The molecule has 486 valence electrons. The van der Waals surface area contributed by atoms with E-state index in [2.05, 4.69) is 0 Å². The van der Waals surface area contributed by atoms with Gasteiger partial charge in [0.05, 0.1) is 58.8 Å². The number of aryl methyl sites for hydroxylation is 2. The maximum Gasteiger partial charge on any atom is 0.359 e. The highest BCUT2D eigenvalue weighted by Crippen LogP contribution is 2.37. The molecule has 29 nitrogen and oxygen atoms in total. The van der Waals surface area contributed by atoms with Crippen molar-refractivity contribution in [2.75, 3.05) is 85.2 Å². The molecule has 0 aliphatic carbocycles. The molecule has 2 aliphatic rings. The first-order chi connectivity index (χ1) is 42.1. The van der Waals surface area contributed by atoms with Gasteiger partial charge in [-0.05, 0) is 70.5 Å². The van der Waals surface area contributed by atoms with E-state index in [1.807, 2.05) is 0 Å². The van der Waals surface area contributed by atoms with Crippen LogP contribution in [0.4, 0.5) is 0 Å². The number of aliphatic hydroxyl groups is 8. The first-order valence-electron chi connectivity index (χ1n) is 28.5. The number of carboxylic acids is 7. The maximum absolute atomic E-state index is 12.6. The number of hydrogen-bond acceptors (Lipinski definition) is 20. The van der Waals surface area contributed by atoms with Crippen molar-refractivity contribution in [3.05, 3.63) is 107 Å². The lowest BCUT2D eigenvalue weighted by molar-refractivity contribution is -0.916. The second kappa shape index (κ2) is 32.1. The van der Waals surface area contributed by atoms with Crippen LogP contribution < -0.4 is 9.47 Å². The third-order valence-corrected chi connectivity index (χ3v) is 15.7. The number of rotatable bonds is 36. The number of carboxylic acid groups (broad SMARTS) is 7. The minimum Gasteiger partial charge on any atom is -0.481 e. The minimum atomic E-state index is -1.79. The van der Waals surface area contributed by atoms with Gasteiger partial charge in [-0.25, -0.2) is 19.2 Å². The van der Waals surface area contributed by atoms with Gasteiger partial charge in [0.25, 0.3) is 0 Å². The number of quaternary nitrogens is 2. The molecule has 0 aromatic heterocycles. The molecule has 10 atom stereocenters. The molecule has 2 saturated heterocycles. The van der Waals surface area contributed by atoms with Crippen LogP contribution in [-0.4, -0.2) is 279 Å². The van der Waals surface area contributed by atoms with Crippen LogP contribution in [0.5, 0.6) is 11.5 Å². The maximum atomic E-state index is 12.6. The van der Waals surface area contributed by atoms with Crippen molar-refractivity contribution in [3.63, 3.8) is 0 Å². The highest BCUT2D eigenvalue weighted by atomic mass is 16.7. The zero-order valence-corrected chi connectivity index (χ0v) is 48.3. The fourth-order valence-corrected chi connectivity index (χ4v) is 11.3. The minimum absolute atomic E-state index is 0.0590. The fourth-order valence-electron chi connectivity index (χ4n) is 11.3. The van der Waals surface area contributed by atoms with E-state index in [-0.39, 0.29) is 89.3 Å². The molecule has 2 fully saturated rings. The number of ether oxygens (including phenoxy) is 4. The largest absolute Gasteiger partial charge is 0.481 e. The lowest BCUT2D eigenvalue weighted by Crippen LogP contribution is -2.60. The van der Waals surface area contributed by atoms with Crippen molar-refractivity contribution in [3.8, 4) is 33.8 Å². The average molecular weight is 1260 g/mol. The topological polar surface area (TPSA) is 463 Å². The number of nitrogens with zero attached hydrogens (tertiary/aromatic N) is 3. The fraction of sp³-hybridized carbons (Fsp3) is 0.483. The van der Waals surface area contributed by atoms with E-state index in [1.54, 1.807) is 72.8 Å². The van der Waals surface area contributed by atoms with Gasteiger partial charge in [-0.2, -0.15) is 0 Å². The van der Waals surface area contributed by atoms with E-state index in [1.165, 1.54) is 17.0 Å². The predicted octanol–water partition coefficient (Wildman–Crippen LogP) is -1.44. The molecule has 2 heterocycles. The summed E-state index contributed by atoms with van der Waals surface area (Å²) in [6.07, 6.45) is -16.5.